The van der Waals surface area contributed by atoms with Crippen molar-refractivity contribution in [2.75, 3.05) is 28.3 Å². The van der Waals surface area contributed by atoms with Gasteiger partial charge in [-0.25, -0.2) is 21.9 Å². The molecular formula is C18H20FNO6S. The van der Waals surface area contributed by atoms with Crippen molar-refractivity contribution in [1.29, 1.82) is 0 Å². The molecule has 0 bridgehead atoms. The van der Waals surface area contributed by atoms with Crippen LogP contribution >= 0.6 is 0 Å². The zero-order valence-electron chi connectivity index (χ0n) is 15.4. The lowest BCUT2D eigenvalue weighted by Gasteiger charge is -2.13. The minimum absolute atomic E-state index is 0.205. The van der Waals surface area contributed by atoms with Crippen LogP contribution < -0.4 is 9.47 Å². The number of rotatable bonds is 7. The fraction of sp³-hybridized carbons (Fsp3) is 0.278. The highest BCUT2D eigenvalue weighted by molar-refractivity contribution is 7.89. The predicted molar refractivity (Wildman–Crippen MR) is 95.9 cm³/mol. The molecule has 0 saturated heterocycles. The zero-order chi connectivity index (χ0) is 20.2. The number of carbonyl (C=O) groups excluding carboxylic acids is 1. The molecule has 0 aliphatic rings. The Kier molecular flexibility index (Phi) is 6.40. The predicted octanol–water partition coefficient (Wildman–Crippen LogP) is 2.45. The maximum atomic E-state index is 14.0. The maximum absolute atomic E-state index is 14.0. The van der Waals surface area contributed by atoms with E-state index in [2.05, 4.69) is 0 Å². The third-order valence-corrected chi connectivity index (χ3v) is 5.59. The van der Waals surface area contributed by atoms with Crippen LogP contribution in [-0.4, -0.2) is 47.0 Å². The Morgan fingerprint density at radius 1 is 1.07 bits per heavy atom. The number of methoxy groups -OCH3 is 2. The molecule has 0 aliphatic carbocycles. The fourth-order valence-electron chi connectivity index (χ4n) is 2.25. The van der Waals surface area contributed by atoms with Gasteiger partial charge in [0.2, 0.25) is 10.0 Å². The fourth-order valence-corrected chi connectivity index (χ4v) is 3.18. The summed E-state index contributed by atoms with van der Waals surface area (Å²) in [5.74, 6) is -0.872. The molecule has 0 radical (unpaired) electrons. The number of hydrogen-bond acceptors (Lipinski definition) is 6. The van der Waals surface area contributed by atoms with E-state index in [1.165, 1.54) is 28.3 Å². The average Bonchev–Trinajstić information content (AvgIpc) is 2.65. The number of nitrogens with zero attached hydrogens (tertiary/aromatic N) is 1. The van der Waals surface area contributed by atoms with Crippen LogP contribution in [0.5, 0.6) is 11.5 Å². The third kappa shape index (κ3) is 4.55. The Morgan fingerprint density at radius 2 is 1.78 bits per heavy atom. The van der Waals surface area contributed by atoms with Crippen LogP contribution in [-0.2, 0) is 21.4 Å². The van der Waals surface area contributed by atoms with E-state index in [4.69, 9.17) is 14.2 Å². The van der Waals surface area contributed by atoms with Gasteiger partial charge in [-0.15, -0.1) is 0 Å². The number of esters is 1. The molecule has 0 amide bonds. The van der Waals surface area contributed by atoms with Crippen LogP contribution in [0.25, 0.3) is 0 Å². The summed E-state index contributed by atoms with van der Waals surface area (Å²) in [4.78, 5) is 12.1. The van der Waals surface area contributed by atoms with Crippen LogP contribution in [0.1, 0.15) is 15.9 Å². The van der Waals surface area contributed by atoms with Gasteiger partial charge in [0, 0.05) is 19.7 Å². The van der Waals surface area contributed by atoms with Gasteiger partial charge in [-0.3, -0.25) is 0 Å². The first-order valence-corrected chi connectivity index (χ1v) is 9.24. The highest BCUT2D eigenvalue weighted by Gasteiger charge is 2.22. The largest absolute Gasteiger partial charge is 0.497 e. The number of ether oxygens (including phenoxy) is 3. The molecule has 0 unspecified atom stereocenters. The zero-order valence-corrected chi connectivity index (χ0v) is 16.2. The van der Waals surface area contributed by atoms with Crippen molar-refractivity contribution in [1.82, 2.24) is 4.31 Å². The van der Waals surface area contributed by atoms with Crippen LogP contribution in [0.4, 0.5) is 4.39 Å². The Morgan fingerprint density at radius 3 is 2.37 bits per heavy atom. The van der Waals surface area contributed by atoms with E-state index in [1.54, 1.807) is 18.2 Å². The van der Waals surface area contributed by atoms with Gasteiger partial charge >= 0.3 is 5.97 Å². The minimum atomic E-state index is -3.81. The minimum Gasteiger partial charge on any atom is -0.497 e. The van der Waals surface area contributed by atoms with Crippen molar-refractivity contribution in [3.05, 3.63) is 53.3 Å². The summed E-state index contributed by atoms with van der Waals surface area (Å²) in [5, 5.41) is 0. The van der Waals surface area contributed by atoms with Crippen molar-refractivity contribution in [3.8, 4) is 11.5 Å². The van der Waals surface area contributed by atoms with Gasteiger partial charge in [0.1, 0.15) is 23.9 Å². The van der Waals surface area contributed by atoms with Gasteiger partial charge in [-0.1, -0.05) is 0 Å². The molecule has 0 heterocycles. The van der Waals surface area contributed by atoms with E-state index < -0.39 is 27.4 Å². The smallest absolute Gasteiger partial charge is 0.341 e. The van der Waals surface area contributed by atoms with Gasteiger partial charge in [0.25, 0.3) is 0 Å². The number of hydrogen-bond donors (Lipinski definition) is 0. The number of sulfonamides is 1. The van der Waals surface area contributed by atoms with Crippen LogP contribution in [0.3, 0.4) is 0 Å². The molecule has 0 spiro atoms. The highest BCUT2D eigenvalue weighted by atomic mass is 32.2. The van der Waals surface area contributed by atoms with Crippen molar-refractivity contribution >= 4 is 16.0 Å². The Hall–Kier alpha value is -2.65. The first-order valence-electron chi connectivity index (χ1n) is 7.80. The molecule has 0 N–H and O–H groups in total. The molecule has 9 heteroatoms. The summed E-state index contributed by atoms with van der Waals surface area (Å²) >= 11 is 0. The Bertz CT molecular complexity index is 943. The lowest BCUT2D eigenvalue weighted by atomic mass is 10.2. The molecule has 7 nitrogen and oxygen atoms in total. The first kappa shape index (κ1) is 20.7. The SMILES string of the molecule is COc1ccc(OC)c(COC(=O)c2cc(S(=O)(=O)N(C)C)ccc2F)c1. The van der Waals surface area contributed by atoms with E-state index in [-0.39, 0.29) is 11.5 Å². The van der Waals surface area contributed by atoms with Crippen molar-refractivity contribution in [2.24, 2.45) is 0 Å². The molecule has 2 aromatic rings. The van der Waals surface area contributed by atoms with Gasteiger partial charge in [-0.2, -0.15) is 0 Å². The molecule has 2 aromatic carbocycles. The van der Waals surface area contributed by atoms with E-state index in [9.17, 15) is 17.6 Å². The second kappa shape index (κ2) is 8.36. The Labute approximate surface area is 157 Å². The second-order valence-electron chi connectivity index (χ2n) is 5.68. The van der Waals surface area contributed by atoms with E-state index in [1.807, 2.05) is 0 Å². The van der Waals surface area contributed by atoms with Crippen LogP contribution in [0.15, 0.2) is 41.3 Å². The molecule has 27 heavy (non-hydrogen) atoms. The Balaban J connectivity index is 2.27. The second-order valence-corrected chi connectivity index (χ2v) is 7.83. The summed E-state index contributed by atoms with van der Waals surface area (Å²) in [5.41, 5.74) is 0.0439. The molecule has 0 atom stereocenters. The number of benzene rings is 2. The van der Waals surface area contributed by atoms with Crippen molar-refractivity contribution in [3.63, 3.8) is 0 Å². The first-order chi connectivity index (χ1) is 12.7. The lowest BCUT2D eigenvalue weighted by Crippen LogP contribution is -2.22. The maximum Gasteiger partial charge on any atom is 0.341 e. The normalized spacial score (nSPS) is 11.3. The highest BCUT2D eigenvalue weighted by Crippen LogP contribution is 2.25. The van der Waals surface area contributed by atoms with Gasteiger partial charge in [0.05, 0.1) is 24.7 Å². The molecule has 0 aliphatic heterocycles. The number of halogens is 1. The standard InChI is InChI=1S/C18H20FNO6S/c1-20(2)27(22,23)14-6-7-16(19)15(10-14)18(21)26-11-12-9-13(24-3)5-8-17(12)25-4/h5-10H,11H2,1-4H3. The average molecular weight is 397 g/mol. The molecular weight excluding hydrogens is 377 g/mol. The van der Waals surface area contributed by atoms with Crippen molar-refractivity contribution in [2.45, 2.75) is 11.5 Å². The molecule has 0 saturated carbocycles. The molecule has 146 valence electrons. The molecule has 0 aromatic heterocycles. The summed E-state index contributed by atoms with van der Waals surface area (Å²) in [6.45, 7) is -0.205. The topological polar surface area (TPSA) is 82.1 Å². The summed E-state index contributed by atoms with van der Waals surface area (Å²) in [6.07, 6.45) is 0. The lowest BCUT2D eigenvalue weighted by molar-refractivity contribution is 0.0464. The molecule has 2 rings (SSSR count). The summed E-state index contributed by atoms with van der Waals surface area (Å²) in [6, 6.07) is 7.91. The third-order valence-electron chi connectivity index (χ3n) is 3.78. The van der Waals surface area contributed by atoms with E-state index in [0.29, 0.717) is 17.1 Å². The quantitative estimate of drug-likeness (QED) is 0.668. The van der Waals surface area contributed by atoms with Crippen molar-refractivity contribution < 1.29 is 31.8 Å². The monoisotopic (exact) mass is 397 g/mol. The molecule has 0 fully saturated rings. The van der Waals surface area contributed by atoms with Gasteiger partial charge in [0.15, 0.2) is 0 Å². The van der Waals surface area contributed by atoms with Crippen LogP contribution in [0, 0.1) is 5.82 Å². The summed E-state index contributed by atoms with van der Waals surface area (Å²) in [7, 11) is 1.81. The van der Waals surface area contributed by atoms with Gasteiger partial charge in [-0.05, 0) is 36.4 Å². The number of carbonyl (C=O) groups is 1. The van der Waals surface area contributed by atoms with Crippen LogP contribution in [0.2, 0.25) is 0 Å². The summed E-state index contributed by atoms with van der Waals surface area (Å²) < 4.78 is 54.8. The van der Waals surface area contributed by atoms with Gasteiger partial charge < -0.3 is 14.2 Å². The van der Waals surface area contributed by atoms with E-state index in [0.717, 1.165) is 22.5 Å². The van der Waals surface area contributed by atoms with E-state index >= 15 is 0 Å².